The summed E-state index contributed by atoms with van der Waals surface area (Å²) in [6.45, 7) is 0.181. The van der Waals surface area contributed by atoms with Crippen molar-refractivity contribution in [1.82, 2.24) is 15.0 Å². The topological polar surface area (TPSA) is 67.9 Å². The summed E-state index contributed by atoms with van der Waals surface area (Å²) in [5.74, 6) is -0.443. The van der Waals surface area contributed by atoms with Crippen LogP contribution in [0.5, 0.6) is 0 Å². The number of nitrogens with one attached hydrogen (secondary N) is 1. The maximum absolute atomic E-state index is 12.2. The van der Waals surface area contributed by atoms with Gasteiger partial charge in [-0.25, -0.2) is 9.78 Å². The number of ether oxygens (including phenoxy) is 1. The molecule has 4 aromatic rings. The van der Waals surface area contributed by atoms with Crippen LogP contribution in [0.2, 0.25) is 0 Å². The van der Waals surface area contributed by atoms with Crippen LogP contribution in [0.3, 0.4) is 0 Å². The molecule has 1 aromatic carbocycles. The van der Waals surface area contributed by atoms with Gasteiger partial charge in [0.05, 0.1) is 11.7 Å². The second-order valence-corrected chi connectivity index (χ2v) is 5.22. The summed E-state index contributed by atoms with van der Waals surface area (Å²) >= 11 is 0. The van der Waals surface area contributed by atoms with E-state index in [1.807, 2.05) is 30.3 Å². The molecular weight excluding hydrogens is 290 g/mol. The largest absolute Gasteiger partial charge is 0.456 e. The third kappa shape index (κ3) is 2.53. The van der Waals surface area contributed by atoms with Gasteiger partial charge in [0.2, 0.25) is 0 Å². The molecule has 0 radical (unpaired) electrons. The minimum atomic E-state index is -0.443. The highest BCUT2D eigenvalue weighted by Crippen LogP contribution is 2.25. The van der Waals surface area contributed by atoms with Gasteiger partial charge < -0.3 is 9.72 Å². The molecule has 5 nitrogen and oxygen atoms in total. The number of aromatic nitrogens is 3. The van der Waals surface area contributed by atoms with Crippen molar-refractivity contribution in [2.75, 3.05) is 0 Å². The lowest BCUT2D eigenvalue weighted by molar-refractivity contribution is 0.0465. The molecule has 5 heteroatoms. The summed E-state index contributed by atoms with van der Waals surface area (Å²) in [7, 11) is 0. The summed E-state index contributed by atoms with van der Waals surface area (Å²) < 4.78 is 5.30. The van der Waals surface area contributed by atoms with Gasteiger partial charge in [-0.2, -0.15) is 0 Å². The van der Waals surface area contributed by atoms with Crippen molar-refractivity contribution in [3.8, 4) is 0 Å². The fraction of sp³-hybridized carbons (Fsp3) is 0.0556. The predicted molar refractivity (Wildman–Crippen MR) is 87.0 cm³/mol. The quantitative estimate of drug-likeness (QED) is 0.588. The molecule has 0 spiro atoms. The molecule has 0 unspecified atom stereocenters. The standard InChI is InChI=1S/C18H13N3O2/c22-18(23-11-12-4-3-7-19-9-12)16-8-14-13-5-1-2-6-15(13)21-17(14)10-20-16/h1-10,21H,11H2. The third-order valence-corrected chi connectivity index (χ3v) is 3.69. The Hall–Kier alpha value is -3.21. The first kappa shape index (κ1) is 13.5. The molecule has 0 fully saturated rings. The van der Waals surface area contributed by atoms with Crippen LogP contribution in [-0.4, -0.2) is 20.9 Å². The molecule has 3 aromatic heterocycles. The van der Waals surface area contributed by atoms with Gasteiger partial charge in [0.1, 0.15) is 12.3 Å². The molecular formula is C18H13N3O2. The zero-order chi connectivity index (χ0) is 15.6. The van der Waals surface area contributed by atoms with Crippen molar-refractivity contribution in [1.29, 1.82) is 0 Å². The summed E-state index contributed by atoms with van der Waals surface area (Å²) in [5.41, 5.74) is 3.06. The van der Waals surface area contributed by atoms with Crippen LogP contribution in [0, 0.1) is 0 Å². The fourth-order valence-electron chi connectivity index (χ4n) is 2.57. The molecule has 0 atom stereocenters. The summed E-state index contributed by atoms with van der Waals surface area (Å²) in [6.07, 6.45) is 5.01. The number of hydrogen-bond acceptors (Lipinski definition) is 4. The highest BCUT2D eigenvalue weighted by atomic mass is 16.5. The van der Waals surface area contributed by atoms with E-state index in [4.69, 9.17) is 4.74 Å². The summed E-state index contributed by atoms with van der Waals surface area (Å²) in [6, 6.07) is 13.4. The summed E-state index contributed by atoms with van der Waals surface area (Å²) in [4.78, 5) is 23.7. The lowest BCUT2D eigenvalue weighted by Crippen LogP contribution is -2.07. The van der Waals surface area contributed by atoms with Gasteiger partial charge in [0.25, 0.3) is 0 Å². The van der Waals surface area contributed by atoms with Crippen LogP contribution in [-0.2, 0) is 11.3 Å². The van der Waals surface area contributed by atoms with Gasteiger partial charge in [0, 0.05) is 34.2 Å². The van der Waals surface area contributed by atoms with E-state index in [0.29, 0.717) is 5.69 Å². The Balaban J connectivity index is 1.63. The summed E-state index contributed by atoms with van der Waals surface area (Å²) in [5, 5.41) is 2.02. The van der Waals surface area contributed by atoms with Crippen LogP contribution in [0.4, 0.5) is 0 Å². The Morgan fingerprint density at radius 1 is 1.04 bits per heavy atom. The van der Waals surface area contributed by atoms with Crippen LogP contribution < -0.4 is 0 Å². The minimum Gasteiger partial charge on any atom is -0.456 e. The Morgan fingerprint density at radius 2 is 1.96 bits per heavy atom. The van der Waals surface area contributed by atoms with E-state index in [9.17, 15) is 4.79 Å². The lowest BCUT2D eigenvalue weighted by Gasteiger charge is -2.04. The monoisotopic (exact) mass is 303 g/mol. The second kappa shape index (κ2) is 5.53. The number of para-hydroxylation sites is 1. The number of carbonyl (C=O) groups is 1. The average molecular weight is 303 g/mol. The molecule has 1 N–H and O–H groups in total. The minimum absolute atomic E-state index is 0.181. The first-order chi connectivity index (χ1) is 11.3. The van der Waals surface area contributed by atoms with Crippen molar-refractivity contribution < 1.29 is 9.53 Å². The van der Waals surface area contributed by atoms with Crippen LogP contribution >= 0.6 is 0 Å². The van der Waals surface area contributed by atoms with Gasteiger partial charge in [0.15, 0.2) is 0 Å². The van der Waals surface area contributed by atoms with Gasteiger partial charge in [-0.3, -0.25) is 4.98 Å². The first-order valence-corrected chi connectivity index (χ1v) is 7.24. The maximum Gasteiger partial charge on any atom is 0.357 e. The van der Waals surface area contributed by atoms with Crippen LogP contribution in [0.1, 0.15) is 16.1 Å². The van der Waals surface area contributed by atoms with E-state index in [-0.39, 0.29) is 6.61 Å². The van der Waals surface area contributed by atoms with Gasteiger partial charge in [-0.05, 0) is 18.2 Å². The number of aromatic amines is 1. The van der Waals surface area contributed by atoms with E-state index < -0.39 is 5.97 Å². The third-order valence-electron chi connectivity index (χ3n) is 3.69. The lowest BCUT2D eigenvalue weighted by atomic mass is 10.1. The molecule has 0 bridgehead atoms. The highest BCUT2D eigenvalue weighted by molar-refractivity contribution is 6.08. The normalized spacial score (nSPS) is 11.0. The number of benzene rings is 1. The molecule has 0 saturated heterocycles. The number of pyridine rings is 2. The van der Waals surface area contributed by atoms with Gasteiger partial charge >= 0.3 is 5.97 Å². The van der Waals surface area contributed by atoms with Gasteiger partial charge in [-0.1, -0.05) is 24.3 Å². The molecule has 4 rings (SSSR count). The van der Waals surface area contributed by atoms with Crippen molar-refractivity contribution in [2.24, 2.45) is 0 Å². The van der Waals surface area contributed by atoms with Gasteiger partial charge in [-0.15, -0.1) is 0 Å². The van der Waals surface area contributed by atoms with E-state index in [2.05, 4.69) is 15.0 Å². The number of rotatable bonds is 3. The number of nitrogens with zero attached hydrogens (tertiary/aromatic N) is 2. The number of carbonyl (C=O) groups excluding carboxylic acids is 1. The van der Waals surface area contributed by atoms with Crippen LogP contribution in [0.15, 0.2) is 61.1 Å². The van der Waals surface area contributed by atoms with E-state index >= 15 is 0 Å². The molecule has 0 aliphatic rings. The average Bonchev–Trinajstić information content (AvgIpc) is 2.98. The molecule has 0 aliphatic carbocycles. The Bertz CT molecular complexity index is 993. The van der Waals surface area contributed by atoms with Crippen molar-refractivity contribution >= 4 is 27.8 Å². The molecule has 0 amide bonds. The second-order valence-electron chi connectivity index (χ2n) is 5.22. The van der Waals surface area contributed by atoms with Crippen molar-refractivity contribution in [3.05, 3.63) is 72.3 Å². The number of esters is 1. The number of fused-ring (bicyclic) bond motifs is 3. The Labute approximate surface area is 132 Å². The Morgan fingerprint density at radius 3 is 2.83 bits per heavy atom. The molecule has 3 heterocycles. The zero-order valence-electron chi connectivity index (χ0n) is 12.2. The molecule has 0 saturated carbocycles. The molecule has 23 heavy (non-hydrogen) atoms. The first-order valence-electron chi connectivity index (χ1n) is 7.24. The maximum atomic E-state index is 12.2. The Kier molecular flexibility index (Phi) is 3.24. The van der Waals surface area contributed by atoms with Crippen molar-refractivity contribution in [3.63, 3.8) is 0 Å². The fourth-order valence-corrected chi connectivity index (χ4v) is 2.57. The number of H-pyrrole nitrogens is 1. The zero-order valence-corrected chi connectivity index (χ0v) is 12.2. The number of hydrogen-bond donors (Lipinski definition) is 1. The molecule has 0 aliphatic heterocycles. The van der Waals surface area contributed by atoms with E-state index in [1.165, 1.54) is 0 Å². The smallest absolute Gasteiger partial charge is 0.357 e. The molecule has 112 valence electrons. The van der Waals surface area contributed by atoms with Crippen molar-refractivity contribution in [2.45, 2.75) is 6.61 Å². The predicted octanol–water partition coefficient (Wildman–Crippen LogP) is 3.47. The SMILES string of the molecule is O=C(OCc1cccnc1)c1cc2c(cn1)[nH]c1ccccc12. The van der Waals surface area contributed by atoms with E-state index in [1.54, 1.807) is 30.7 Å². The highest BCUT2D eigenvalue weighted by Gasteiger charge is 2.12. The van der Waals surface area contributed by atoms with E-state index in [0.717, 1.165) is 27.4 Å². The van der Waals surface area contributed by atoms with Crippen LogP contribution in [0.25, 0.3) is 21.8 Å².